The van der Waals surface area contributed by atoms with Crippen molar-refractivity contribution in [3.63, 3.8) is 0 Å². The molecule has 0 bridgehead atoms. The van der Waals surface area contributed by atoms with E-state index < -0.39 is 0 Å². The molecule has 0 N–H and O–H groups in total. The van der Waals surface area contributed by atoms with E-state index in [1.807, 2.05) is 6.07 Å². The number of hydrogen-bond donors (Lipinski definition) is 0. The largest absolute Gasteiger partial charge is 0.496 e. The summed E-state index contributed by atoms with van der Waals surface area (Å²) >= 11 is 6.96. The van der Waals surface area contributed by atoms with Gasteiger partial charge in [-0.3, -0.25) is 0 Å². The molecule has 1 nitrogen and oxygen atoms in total. The molecule has 0 saturated heterocycles. The molecule has 19 heavy (non-hydrogen) atoms. The van der Waals surface area contributed by atoms with Crippen LogP contribution in [0.3, 0.4) is 0 Å². The summed E-state index contributed by atoms with van der Waals surface area (Å²) in [5, 5.41) is 0. The van der Waals surface area contributed by atoms with Gasteiger partial charge in [-0.25, -0.2) is 4.39 Å². The smallest absolute Gasteiger partial charge is 0.141 e. The van der Waals surface area contributed by atoms with Crippen LogP contribution in [0.15, 0.2) is 16.6 Å². The molecule has 0 aliphatic heterocycles. The average Bonchev–Trinajstić information content (AvgIpc) is 2.91. The minimum Gasteiger partial charge on any atom is -0.496 e. The van der Waals surface area contributed by atoms with Crippen molar-refractivity contribution in [2.75, 3.05) is 7.11 Å². The van der Waals surface area contributed by atoms with E-state index in [1.165, 1.54) is 38.2 Å². The minimum atomic E-state index is -0.281. The standard InChI is InChI=1S/C15H19Br2FO/c1-19-15-9-14(18)13(17)8-11(15)12(16)7-6-10-4-2-3-5-10/h8-10,12H,2-7H2,1H3. The Labute approximate surface area is 131 Å². The van der Waals surface area contributed by atoms with Crippen LogP contribution >= 0.6 is 31.9 Å². The van der Waals surface area contributed by atoms with Crippen molar-refractivity contribution in [2.45, 2.75) is 43.4 Å². The summed E-state index contributed by atoms with van der Waals surface area (Å²) < 4.78 is 19.3. The molecule has 1 unspecified atom stereocenters. The fraction of sp³-hybridized carbons (Fsp3) is 0.600. The highest BCUT2D eigenvalue weighted by Gasteiger charge is 2.20. The van der Waals surface area contributed by atoms with Gasteiger partial charge in [0.25, 0.3) is 0 Å². The van der Waals surface area contributed by atoms with Gasteiger partial charge in [-0.05, 0) is 40.8 Å². The molecule has 4 heteroatoms. The molecule has 1 saturated carbocycles. The summed E-state index contributed by atoms with van der Waals surface area (Å²) in [6.45, 7) is 0. The first-order chi connectivity index (χ1) is 9.11. The number of hydrogen-bond acceptors (Lipinski definition) is 1. The molecule has 1 aromatic rings. The van der Waals surface area contributed by atoms with Gasteiger partial charge in [0, 0.05) is 16.5 Å². The van der Waals surface area contributed by atoms with Crippen molar-refractivity contribution in [3.8, 4) is 5.75 Å². The van der Waals surface area contributed by atoms with Crippen molar-refractivity contribution in [1.82, 2.24) is 0 Å². The number of ether oxygens (including phenoxy) is 1. The van der Waals surface area contributed by atoms with E-state index in [4.69, 9.17) is 4.74 Å². The normalized spacial score (nSPS) is 17.7. The molecule has 1 aliphatic carbocycles. The third-order valence-corrected chi connectivity index (χ3v) is 5.47. The van der Waals surface area contributed by atoms with Gasteiger partial charge in [0.1, 0.15) is 11.6 Å². The van der Waals surface area contributed by atoms with Crippen molar-refractivity contribution >= 4 is 31.9 Å². The summed E-state index contributed by atoms with van der Waals surface area (Å²) in [6.07, 6.45) is 7.78. The van der Waals surface area contributed by atoms with Crippen LogP contribution in [-0.2, 0) is 0 Å². The first kappa shape index (κ1) is 15.3. The molecule has 0 aromatic heterocycles. The lowest BCUT2D eigenvalue weighted by molar-refractivity contribution is 0.403. The van der Waals surface area contributed by atoms with Crippen LogP contribution in [0.2, 0.25) is 0 Å². The molecule has 106 valence electrons. The third kappa shape index (κ3) is 3.94. The second-order valence-electron chi connectivity index (χ2n) is 5.20. The highest BCUT2D eigenvalue weighted by molar-refractivity contribution is 9.10. The molecule has 0 radical (unpaired) electrons. The molecular weight excluding hydrogens is 375 g/mol. The maximum absolute atomic E-state index is 13.5. The van der Waals surface area contributed by atoms with Crippen LogP contribution in [0.5, 0.6) is 5.75 Å². The number of alkyl halides is 1. The Hall–Kier alpha value is -0.0900. The number of halogens is 3. The van der Waals surface area contributed by atoms with E-state index in [0.29, 0.717) is 10.2 Å². The molecule has 0 amide bonds. The van der Waals surface area contributed by atoms with E-state index in [9.17, 15) is 4.39 Å². The lowest BCUT2D eigenvalue weighted by Gasteiger charge is -2.17. The second kappa shape index (κ2) is 7.07. The molecular formula is C15H19Br2FO. The quantitative estimate of drug-likeness (QED) is 0.557. The first-order valence-electron chi connectivity index (χ1n) is 6.78. The number of benzene rings is 1. The predicted molar refractivity (Wildman–Crippen MR) is 83.5 cm³/mol. The minimum absolute atomic E-state index is 0.222. The van der Waals surface area contributed by atoms with Crippen molar-refractivity contribution in [1.29, 1.82) is 0 Å². The Kier molecular flexibility index (Phi) is 5.70. The van der Waals surface area contributed by atoms with Gasteiger partial charge in [0.15, 0.2) is 0 Å². The summed E-state index contributed by atoms with van der Waals surface area (Å²) in [5.41, 5.74) is 1.02. The summed E-state index contributed by atoms with van der Waals surface area (Å²) in [4.78, 5) is 0.222. The van der Waals surface area contributed by atoms with Crippen LogP contribution in [0.25, 0.3) is 0 Å². The van der Waals surface area contributed by atoms with E-state index in [-0.39, 0.29) is 10.6 Å². The molecule has 2 rings (SSSR count). The van der Waals surface area contributed by atoms with E-state index >= 15 is 0 Å². The van der Waals surface area contributed by atoms with Crippen LogP contribution in [0.1, 0.15) is 48.9 Å². The summed E-state index contributed by atoms with van der Waals surface area (Å²) in [7, 11) is 1.59. The maximum atomic E-state index is 13.5. The van der Waals surface area contributed by atoms with Crippen molar-refractivity contribution in [2.24, 2.45) is 5.92 Å². The second-order valence-corrected chi connectivity index (χ2v) is 7.16. The van der Waals surface area contributed by atoms with Crippen molar-refractivity contribution < 1.29 is 9.13 Å². The lowest BCUT2D eigenvalue weighted by atomic mass is 9.98. The Balaban J connectivity index is 2.04. The Bertz CT molecular complexity index is 430. The number of rotatable bonds is 5. The van der Waals surface area contributed by atoms with Gasteiger partial charge < -0.3 is 4.74 Å². The zero-order valence-corrected chi connectivity index (χ0v) is 14.3. The molecule has 0 heterocycles. The molecule has 1 aliphatic rings. The van der Waals surface area contributed by atoms with E-state index in [0.717, 1.165) is 17.9 Å². The molecule has 0 spiro atoms. The third-order valence-electron chi connectivity index (χ3n) is 3.91. The molecule has 1 fully saturated rings. The Morgan fingerprint density at radius 3 is 2.68 bits per heavy atom. The molecule has 1 atom stereocenters. The van der Waals surface area contributed by atoms with Gasteiger partial charge in [0.05, 0.1) is 11.6 Å². The van der Waals surface area contributed by atoms with Gasteiger partial charge in [-0.2, -0.15) is 0 Å². The fourth-order valence-electron chi connectivity index (χ4n) is 2.80. The fourth-order valence-corrected chi connectivity index (χ4v) is 3.79. The van der Waals surface area contributed by atoms with Gasteiger partial charge >= 0.3 is 0 Å². The average molecular weight is 394 g/mol. The Morgan fingerprint density at radius 2 is 2.05 bits per heavy atom. The van der Waals surface area contributed by atoms with E-state index in [2.05, 4.69) is 31.9 Å². The lowest BCUT2D eigenvalue weighted by Crippen LogP contribution is -2.00. The Morgan fingerprint density at radius 1 is 1.37 bits per heavy atom. The predicted octanol–water partition coefficient (Wildman–Crippen LogP) is 6.00. The van der Waals surface area contributed by atoms with Crippen LogP contribution in [0.4, 0.5) is 4.39 Å². The number of methoxy groups -OCH3 is 1. The van der Waals surface area contributed by atoms with Crippen LogP contribution in [-0.4, -0.2) is 7.11 Å². The highest BCUT2D eigenvalue weighted by atomic mass is 79.9. The zero-order chi connectivity index (χ0) is 13.8. The van der Waals surface area contributed by atoms with E-state index in [1.54, 1.807) is 7.11 Å². The first-order valence-corrected chi connectivity index (χ1v) is 8.49. The topological polar surface area (TPSA) is 9.23 Å². The van der Waals surface area contributed by atoms with Crippen LogP contribution in [0, 0.1) is 11.7 Å². The van der Waals surface area contributed by atoms with Gasteiger partial charge in [-0.15, -0.1) is 0 Å². The van der Waals surface area contributed by atoms with Crippen LogP contribution < -0.4 is 4.74 Å². The summed E-state index contributed by atoms with van der Waals surface area (Å²) in [5.74, 6) is 1.21. The van der Waals surface area contributed by atoms with Crippen molar-refractivity contribution in [3.05, 3.63) is 28.0 Å². The van der Waals surface area contributed by atoms with Gasteiger partial charge in [-0.1, -0.05) is 41.6 Å². The highest BCUT2D eigenvalue weighted by Crippen LogP contribution is 2.40. The SMILES string of the molecule is COc1cc(F)c(Br)cc1C(Br)CCC1CCCC1. The van der Waals surface area contributed by atoms with Gasteiger partial charge in [0.2, 0.25) is 0 Å². The molecule has 1 aromatic carbocycles. The zero-order valence-electron chi connectivity index (χ0n) is 11.1. The maximum Gasteiger partial charge on any atom is 0.141 e. The summed E-state index contributed by atoms with van der Waals surface area (Å²) in [6, 6.07) is 3.27. The monoisotopic (exact) mass is 392 g/mol.